The maximum Gasteiger partial charge on any atom is 0.339 e. The van der Waals surface area contributed by atoms with Crippen LogP contribution in [0.2, 0.25) is 5.02 Å². The van der Waals surface area contributed by atoms with E-state index in [0.717, 1.165) is 29.7 Å². The normalized spacial score (nSPS) is 13.3. The number of amides is 1. The van der Waals surface area contributed by atoms with Crippen LogP contribution in [0, 0.1) is 11.3 Å². The summed E-state index contributed by atoms with van der Waals surface area (Å²) in [5, 5.41) is 12.8. The van der Waals surface area contributed by atoms with Crippen LogP contribution in [0.25, 0.3) is 10.9 Å². The second kappa shape index (κ2) is 8.72. The fourth-order valence-corrected chi connectivity index (χ4v) is 3.84. The summed E-state index contributed by atoms with van der Waals surface area (Å²) >= 11 is 5.94. The summed E-state index contributed by atoms with van der Waals surface area (Å²) in [6.45, 7) is 0.950. The van der Waals surface area contributed by atoms with Gasteiger partial charge in [0.05, 0.1) is 22.3 Å². The summed E-state index contributed by atoms with van der Waals surface area (Å²) in [5.41, 5.74) is 3.41. The number of likely N-dealkylation sites (N-methyl/N-ethyl adjacent to an activating group) is 1. The van der Waals surface area contributed by atoms with Crippen LogP contribution in [-0.4, -0.2) is 42.0 Å². The van der Waals surface area contributed by atoms with Crippen molar-refractivity contribution in [2.24, 2.45) is 0 Å². The van der Waals surface area contributed by atoms with Gasteiger partial charge in [0, 0.05) is 41.2 Å². The predicted molar refractivity (Wildman–Crippen MR) is 117 cm³/mol. The van der Waals surface area contributed by atoms with Crippen molar-refractivity contribution in [1.82, 2.24) is 9.88 Å². The van der Waals surface area contributed by atoms with E-state index in [1.165, 1.54) is 12.1 Å². The number of nitrogens with one attached hydrogen (secondary N) is 1. The molecule has 0 bridgehead atoms. The molecule has 1 aliphatic rings. The topological polar surface area (TPSA) is 95.3 Å². The van der Waals surface area contributed by atoms with Crippen LogP contribution >= 0.6 is 11.6 Å². The molecule has 3 aromatic rings. The molecular formula is C23H19ClN4O3. The van der Waals surface area contributed by atoms with Crippen molar-refractivity contribution in [3.63, 3.8) is 0 Å². The largest absolute Gasteiger partial charge is 0.452 e. The van der Waals surface area contributed by atoms with Crippen molar-refractivity contribution in [3.05, 3.63) is 69.9 Å². The number of carbonyl (C=O) groups is 2. The van der Waals surface area contributed by atoms with Crippen molar-refractivity contribution in [2.45, 2.75) is 13.0 Å². The molecule has 156 valence electrons. The average Bonchev–Trinajstić information content (AvgIpc) is 2.76. The van der Waals surface area contributed by atoms with Gasteiger partial charge in [0.25, 0.3) is 5.91 Å². The molecule has 0 unspecified atom stereocenters. The van der Waals surface area contributed by atoms with Crippen molar-refractivity contribution in [2.75, 3.05) is 25.5 Å². The maximum atomic E-state index is 13.0. The van der Waals surface area contributed by atoms with E-state index in [9.17, 15) is 14.9 Å². The highest BCUT2D eigenvalue weighted by molar-refractivity contribution is 6.31. The monoisotopic (exact) mass is 434 g/mol. The number of esters is 1. The number of anilines is 1. The van der Waals surface area contributed by atoms with Gasteiger partial charge in [-0.05, 0) is 31.3 Å². The number of aromatic nitrogens is 1. The number of pyridine rings is 1. The third-order valence-corrected chi connectivity index (χ3v) is 5.39. The molecule has 1 aromatic heterocycles. The summed E-state index contributed by atoms with van der Waals surface area (Å²) in [7, 11) is 1.98. The number of hydrogen-bond donors (Lipinski definition) is 1. The SMILES string of the molecule is CN1CCc2nc3ccccc3c(C(=O)OCC(=O)Nc3cc(Cl)ccc3C#N)c2C1. The molecule has 1 N–H and O–H groups in total. The summed E-state index contributed by atoms with van der Waals surface area (Å²) in [5.74, 6) is -1.14. The van der Waals surface area contributed by atoms with E-state index in [1.54, 1.807) is 6.07 Å². The average molecular weight is 435 g/mol. The van der Waals surface area contributed by atoms with E-state index < -0.39 is 18.5 Å². The molecule has 1 amide bonds. The first kappa shape index (κ1) is 20.8. The Balaban J connectivity index is 1.57. The van der Waals surface area contributed by atoms with Crippen molar-refractivity contribution in [3.8, 4) is 6.07 Å². The maximum absolute atomic E-state index is 13.0. The summed E-state index contributed by atoms with van der Waals surface area (Å²) in [4.78, 5) is 32.3. The van der Waals surface area contributed by atoms with E-state index in [0.29, 0.717) is 22.5 Å². The lowest BCUT2D eigenvalue weighted by Gasteiger charge is -2.26. The van der Waals surface area contributed by atoms with Gasteiger partial charge in [0.15, 0.2) is 6.61 Å². The van der Waals surface area contributed by atoms with Gasteiger partial charge in [-0.15, -0.1) is 0 Å². The molecule has 0 atom stereocenters. The predicted octanol–water partition coefficient (Wildman–Crippen LogP) is 3.54. The Morgan fingerprint density at radius 1 is 1.29 bits per heavy atom. The first-order chi connectivity index (χ1) is 15.0. The molecule has 4 rings (SSSR count). The minimum Gasteiger partial charge on any atom is -0.452 e. The standard InChI is InChI=1S/C23H19ClN4O3/c1-28-9-8-19-17(12-28)22(16-4-2-3-5-18(16)26-19)23(30)31-13-21(29)27-20-10-15(24)7-6-14(20)11-25/h2-7,10H,8-9,12-13H2,1H3,(H,27,29). The van der Waals surface area contributed by atoms with Crippen LogP contribution in [-0.2, 0) is 22.5 Å². The first-order valence-electron chi connectivity index (χ1n) is 9.72. The number of nitrogens with zero attached hydrogens (tertiary/aromatic N) is 3. The Labute approximate surface area is 184 Å². The zero-order valence-electron chi connectivity index (χ0n) is 16.8. The Morgan fingerprint density at radius 3 is 2.90 bits per heavy atom. The highest BCUT2D eigenvalue weighted by atomic mass is 35.5. The Kier molecular flexibility index (Phi) is 5.85. The zero-order valence-corrected chi connectivity index (χ0v) is 17.6. The molecule has 2 aromatic carbocycles. The van der Waals surface area contributed by atoms with Crippen LogP contribution in [0.1, 0.15) is 27.2 Å². The Hall–Kier alpha value is -3.47. The fraction of sp³-hybridized carbons (Fsp3) is 0.217. The number of ether oxygens (including phenoxy) is 1. The van der Waals surface area contributed by atoms with Gasteiger partial charge < -0.3 is 15.0 Å². The minimum absolute atomic E-state index is 0.265. The molecule has 8 heteroatoms. The molecule has 0 fully saturated rings. The van der Waals surface area contributed by atoms with Crippen LogP contribution < -0.4 is 5.32 Å². The van der Waals surface area contributed by atoms with E-state index in [4.69, 9.17) is 21.3 Å². The smallest absolute Gasteiger partial charge is 0.339 e. The van der Waals surface area contributed by atoms with Gasteiger partial charge in [-0.25, -0.2) is 4.79 Å². The highest BCUT2D eigenvalue weighted by Gasteiger charge is 2.25. The Bertz CT molecular complexity index is 1240. The number of rotatable bonds is 4. The zero-order chi connectivity index (χ0) is 22.0. The summed E-state index contributed by atoms with van der Waals surface area (Å²) in [6.07, 6.45) is 0.739. The Morgan fingerprint density at radius 2 is 2.10 bits per heavy atom. The molecule has 0 spiro atoms. The molecule has 1 aliphatic heterocycles. The van der Waals surface area contributed by atoms with Crippen molar-refractivity contribution in [1.29, 1.82) is 5.26 Å². The van der Waals surface area contributed by atoms with Crippen molar-refractivity contribution < 1.29 is 14.3 Å². The van der Waals surface area contributed by atoms with Gasteiger partial charge in [0.1, 0.15) is 6.07 Å². The van der Waals surface area contributed by atoms with Crippen molar-refractivity contribution >= 4 is 40.1 Å². The second-order valence-corrected chi connectivity index (χ2v) is 7.78. The summed E-state index contributed by atoms with van der Waals surface area (Å²) in [6, 6.07) is 13.9. The fourth-order valence-electron chi connectivity index (χ4n) is 3.67. The number of benzene rings is 2. The van der Waals surface area contributed by atoms with E-state index in [1.807, 2.05) is 37.4 Å². The van der Waals surface area contributed by atoms with Gasteiger partial charge in [-0.1, -0.05) is 29.8 Å². The summed E-state index contributed by atoms with van der Waals surface area (Å²) < 4.78 is 5.36. The van der Waals surface area contributed by atoms with E-state index >= 15 is 0 Å². The number of hydrogen-bond acceptors (Lipinski definition) is 6. The lowest BCUT2D eigenvalue weighted by Crippen LogP contribution is -2.30. The minimum atomic E-state index is -0.577. The van der Waals surface area contributed by atoms with Gasteiger partial charge >= 0.3 is 5.97 Å². The van der Waals surface area contributed by atoms with Gasteiger partial charge in [-0.2, -0.15) is 5.26 Å². The number of carbonyl (C=O) groups excluding carboxylic acids is 2. The number of nitriles is 1. The van der Waals surface area contributed by atoms with E-state index in [-0.39, 0.29) is 11.3 Å². The molecule has 31 heavy (non-hydrogen) atoms. The molecule has 7 nitrogen and oxygen atoms in total. The quantitative estimate of drug-likeness (QED) is 0.631. The van der Waals surface area contributed by atoms with E-state index in [2.05, 4.69) is 10.2 Å². The van der Waals surface area contributed by atoms with Crippen LogP contribution in [0.5, 0.6) is 0 Å². The first-order valence-corrected chi connectivity index (χ1v) is 10.1. The van der Waals surface area contributed by atoms with Crippen LogP contribution in [0.4, 0.5) is 5.69 Å². The molecule has 2 heterocycles. The molecular weight excluding hydrogens is 416 g/mol. The van der Waals surface area contributed by atoms with Crippen LogP contribution in [0.3, 0.4) is 0 Å². The van der Waals surface area contributed by atoms with Gasteiger partial charge in [-0.3, -0.25) is 9.78 Å². The second-order valence-electron chi connectivity index (χ2n) is 7.34. The molecule has 0 aliphatic carbocycles. The lowest BCUT2D eigenvalue weighted by molar-refractivity contribution is -0.119. The third kappa shape index (κ3) is 4.36. The number of fused-ring (bicyclic) bond motifs is 2. The molecule has 0 radical (unpaired) electrons. The number of para-hydroxylation sites is 1. The molecule has 0 saturated carbocycles. The van der Waals surface area contributed by atoms with Crippen LogP contribution in [0.15, 0.2) is 42.5 Å². The third-order valence-electron chi connectivity index (χ3n) is 5.15. The highest BCUT2D eigenvalue weighted by Crippen LogP contribution is 2.28. The van der Waals surface area contributed by atoms with Gasteiger partial charge in [0.2, 0.25) is 0 Å². The molecule has 0 saturated heterocycles. The number of halogens is 1. The lowest BCUT2D eigenvalue weighted by atomic mass is 9.96.